The van der Waals surface area contributed by atoms with Gasteiger partial charge in [0.15, 0.2) is 11.5 Å². The van der Waals surface area contributed by atoms with Crippen molar-refractivity contribution in [1.82, 2.24) is 10.5 Å². The number of halogens is 2. The molecule has 0 saturated carbocycles. The van der Waals surface area contributed by atoms with Crippen molar-refractivity contribution in [2.24, 2.45) is 0 Å². The molecule has 8 heteroatoms. The highest BCUT2D eigenvalue weighted by molar-refractivity contribution is 9.10. The van der Waals surface area contributed by atoms with Crippen molar-refractivity contribution in [1.29, 1.82) is 0 Å². The number of hydrogen-bond donors (Lipinski definition) is 1. The van der Waals surface area contributed by atoms with Crippen LogP contribution in [0.15, 0.2) is 51.5 Å². The third kappa shape index (κ3) is 4.28. The first-order chi connectivity index (χ1) is 13.0. The predicted octanol–water partition coefficient (Wildman–Crippen LogP) is 4.19. The molecule has 140 valence electrons. The minimum absolute atomic E-state index is 0.0994. The van der Waals surface area contributed by atoms with Gasteiger partial charge in [0.2, 0.25) is 0 Å². The maximum absolute atomic E-state index is 13.3. The van der Waals surface area contributed by atoms with Crippen molar-refractivity contribution >= 4 is 21.8 Å². The SMILES string of the molecule is COc1ccc(OC)c(-c2cc(C(=O)NCc3cc(F)ccc3Br)no2)c1. The first kappa shape index (κ1) is 18.9. The van der Waals surface area contributed by atoms with E-state index in [-0.39, 0.29) is 18.1 Å². The maximum Gasteiger partial charge on any atom is 0.273 e. The zero-order chi connectivity index (χ0) is 19.4. The van der Waals surface area contributed by atoms with Gasteiger partial charge >= 0.3 is 0 Å². The third-order valence-corrected chi connectivity index (χ3v) is 4.64. The Kier molecular flexibility index (Phi) is 5.75. The molecule has 1 heterocycles. The number of carbonyl (C=O) groups excluding carboxylic acids is 1. The Labute approximate surface area is 163 Å². The number of nitrogens with one attached hydrogen (secondary N) is 1. The van der Waals surface area contributed by atoms with E-state index in [0.717, 1.165) is 0 Å². The summed E-state index contributed by atoms with van der Waals surface area (Å²) < 4.78 is 29.8. The molecule has 0 saturated heterocycles. The van der Waals surface area contributed by atoms with E-state index in [1.165, 1.54) is 25.3 Å². The minimum Gasteiger partial charge on any atom is -0.497 e. The van der Waals surface area contributed by atoms with Crippen molar-refractivity contribution in [2.75, 3.05) is 14.2 Å². The fourth-order valence-corrected chi connectivity index (χ4v) is 2.85. The van der Waals surface area contributed by atoms with Gasteiger partial charge in [-0.25, -0.2) is 4.39 Å². The Hall–Kier alpha value is -2.87. The Morgan fingerprint density at radius 2 is 2.00 bits per heavy atom. The number of methoxy groups -OCH3 is 2. The molecule has 1 N–H and O–H groups in total. The molecule has 1 amide bonds. The van der Waals surface area contributed by atoms with Crippen molar-refractivity contribution in [3.63, 3.8) is 0 Å². The summed E-state index contributed by atoms with van der Waals surface area (Å²) in [6, 6.07) is 11.0. The fourth-order valence-electron chi connectivity index (χ4n) is 2.46. The highest BCUT2D eigenvalue weighted by Gasteiger charge is 2.17. The third-order valence-electron chi connectivity index (χ3n) is 3.86. The van der Waals surface area contributed by atoms with Gasteiger partial charge in [-0.05, 0) is 42.0 Å². The van der Waals surface area contributed by atoms with Crippen LogP contribution in [-0.4, -0.2) is 25.3 Å². The molecule has 0 bridgehead atoms. The van der Waals surface area contributed by atoms with Crippen LogP contribution in [0.1, 0.15) is 16.1 Å². The van der Waals surface area contributed by atoms with E-state index >= 15 is 0 Å². The van der Waals surface area contributed by atoms with E-state index < -0.39 is 5.91 Å². The van der Waals surface area contributed by atoms with E-state index in [4.69, 9.17) is 14.0 Å². The number of rotatable bonds is 6. The summed E-state index contributed by atoms with van der Waals surface area (Å²) in [5.41, 5.74) is 1.32. The molecule has 0 aliphatic carbocycles. The van der Waals surface area contributed by atoms with Crippen LogP contribution in [0.4, 0.5) is 4.39 Å². The molecule has 0 aliphatic heterocycles. The van der Waals surface area contributed by atoms with E-state index in [9.17, 15) is 9.18 Å². The second-order valence-electron chi connectivity index (χ2n) is 5.56. The number of ether oxygens (including phenoxy) is 2. The summed E-state index contributed by atoms with van der Waals surface area (Å²) in [6.07, 6.45) is 0. The topological polar surface area (TPSA) is 73.6 Å². The van der Waals surface area contributed by atoms with Crippen molar-refractivity contribution < 1.29 is 23.2 Å². The highest BCUT2D eigenvalue weighted by Crippen LogP contribution is 2.33. The van der Waals surface area contributed by atoms with E-state index in [1.807, 2.05) is 0 Å². The zero-order valence-corrected chi connectivity index (χ0v) is 16.2. The summed E-state index contributed by atoms with van der Waals surface area (Å²) >= 11 is 3.32. The van der Waals surface area contributed by atoms with Crippen LogP contribution in [-0.2, 0) is 6.54 Å². The van der Waals surface area contributed by atoms with Gasteiger partial charge in [0.05, 0.1) is 19.8 Å². The standard InChI is InChI=1S/C19H16BrFN2O4/c1-25-13-4-6-17(26-2)14(8-13)18-9-16(23-27-18)19(24)22-10-11-7-12(21)3-5-15(11)20/h3-9H,10H2,1-2H3,(H,22,24). The van der Waals surface area contributed by atoms with Crippen LogP contribution >= 0.6 is 15.9 Å². The number of nitrogens with zero attached hydrogens (tertiary/aromatic N) is 1. The number of benzene rings is 2. The lowest BCUT2D eigenvalue weighted by molar-refractivity contribution is 0.0942. The van der Waals surface area contributed by atoms with Crippen molar-refractivity contribution in [3.05, 3.63) is 64.0 Å². The summed E-state index contributed by atoms with van der Waals surface area (Å²) in [5.74, 6) is 0.717. The molecule has 0 fully saturated rings. The van der Waals surface area contributed by atoms with E-state index in [1.54, 1.807) is 31.4 Å². The quantitative estimate of drug-likeness (QED) is 0.629. The van der Waals surface area contributed by atoms with E-state index in [2.05, 4.69) is 26.4 Å². The molecular formula is C19H16BrFN2O4. The number of amides is 1. The van der Waals surface area contributed by atoms with Crippen LogP contribution < -0.4 is 14.8 Å². The van der Waals surface area contributed by atoms with Gasteiger partial charge in [-0.2, -0.15) is 0 Å². The summed E-state index contributed by atoms with van der Waals surface area (Å²) in [7, 11) is 3.08. The van der Waals surface area contributed by atoms with Gasteiger partial charge in [0.1, 0.15) is 17.3 Å². The Bertz CT molecular complexity index is 974. The smallest absolute Gasteiger partial charge is 0.273 e. The van der Waals surface area contributed by atoms with E-state index in [0.29, 0.717) is 32.9 Å². The molecule has 2 aromatic carbocycles. The Morgan fingerprint density at radius 1 is 1.19 bits per heavy atom. The molecular weight excluding hydrogens is 419 g/mol. The first-order valence-electron chi connectivity index (χ1n) is 7.93. The molecule has 1 aromatic heterocycles. The maximum atomic E-state index is 13.3. The molecule has 3 rings (SSSR count). The van der Waals surface area contributed by atoms with Crippen LogP contribution in [0.5, 0.6) is 11.5 Å². The number of carbonyl (C=O) groups is 1. The number of aromatic nitrogens is 1. The van der Waals surface area contributed by atoms with Crippen LogP contribution in [0.3, 0.4) is 0 Å². The van der Waals surface area contributed by atoms with Crippen LogP contribution in [0.2, 0.25) is 0 Å². The van der Waals surface area contributed by atoms with Gasteiger partial charge in [-0.1, -0.05) is 21.1 Å². The molecule has 27 heavy (non-hydrogen) atoms. The molecule has 0 atom stereocenters. The average Bonchev–Trinajstić information content (AvgIpc) is 3.18. The van der Waals surface area contributed by atoms with Gasteiger partial charge in [-0.15, -0.1) is 0 Å². The van der Waals surface area contributed by atoms with Gasteiger partial charge in [0, 0.05) is 17.1 Å². The largest absolute Gasteiger partial charge is 0.497 e. The molecule has 0 spiro atoms. The second kappa shape index (κ2) is 8.22. The monoisotopic (exact) mass is 434 g/mol. The van der Waals surface area contributed by atoms with Crippen LogP contribution in [0, 0.1) is 5.82 Å². The van der Waals surface area contributed by atoms with Gasteiger partial charge < -0.3 is 19.3 Å². The highest BCUT2D eigenvalue weighted by atomic mass is 79.9. The lowest BCUT2D eigenvalue weighted by Gasteiger charge is -2.07. The molecule has 0 radical (unpaired) electrons. The normalized spacial score (nSPS) is 10.5. The number of hydrogen-bond acceptors (Lipinski definition) is 5. The first-order valence-corrected chi connectivity index (χ1v) is 8.72. The molecule has 3 aromatic rings. The molecule has 0 unspecified atom stereocenters. The van der Waals surface area contributed by atoms with Crippen molar-refractivity contribution in [2.45, 2.75) is 6.54 Å². The summed E-state index contributed by atoms with van der Waals surface area (Å²) in [4.78, 5) is 12.3. The molecule has 0 aliphatic rings. The zero-order valence-electron chi connectivity index (χ0n) is 14.6. The molecule has 6 nitrogen and oxygen atoms in total. The van der Waals surface area contributed by atoms with Crippen molar-refractivity contribution in [3.8, 4) is 22.8 Å². The van der Waals surface area contributed by atoms with Gasteiger partial charge in [-0.3, -0.25) is 4.79 Å². The predicted molar refractivity (Wildman–Crippen MR) is 100 cm³/mol. The fraction of sp³-hybridized carbons (Fsp3) is 0.158. The lowest BCUT2D eigenvalue weighted by atomic mass is 10.1. The Morgan fingerprint density at radius 3 is 2.74 bits per heavy atom. The lowest BCUT2D eigenvalue weighted by Crippen LogP contribution is -2.23. The average molecular weight is 435 g/mol. The summed E-state index contributed by atoms with van der Waals surface area (Å²) in [6.45, 7) is 0.141. The van der Waals surface area contributed by atoms with Gasteiger partial charge in [0.25, 0.3) is 5.91 Å². The van der Waals surface area contributed by atoms with Crippen LogP contribution in [0.25, 0.3) is 11.3 Å². The minimum atomic E-state index is -0.442. The second-order valence-corrected chi connectivity index (χ2v) is 6.42. The summed E-state index contributed by atoms with van der Waals surface area (Å²) in [5, 5.41) is 6.49. The Balaban J connectivity index is 1.77.